The van der Waals surface area contributed by atoms with Crippen LogP contribution in [0.3, 0.4) is 0 Å². The lowest BCUT2D eigenvalue weighted by Gasteiger charge is -2.12. The van der Waals surface area contributed by atoms with Gasteiger partial charge < -0.3 is 9.73 Å². The van der Waals surface area contributed by atoms with Gasteiger partial charge in [0.2, 0.25) is 5.91 Å². The molecule has 0 aliphatic carbocycles. The quantitative estimate of drug-likeness (QED) is 0.612. The number of thiazole rings is 1. The van der Waals surface area contributed by atoms with Crippen molar-refractivity contribution in [2.24, 2.45) is 5.41 Å². The fourth-order valence-electron chi connectivity index (χ4n) is 2.70. The molecule has 0 fully saturated rings. The fraction of sp³-hybridized carbons (Fsp3) is 0.261. The Balaban J connectivity index is 2.05. The van der Waals surface area contributed by atoms with Crippen LogP contribution >= 0.6 is 11.3 Å². The summed E-state index contributed by atoms with van der Waals surface area (Å²) >= 11 is 0.887. The third-order valence-electron chi connectivity index (χ3n) is 4.55. The Labute approximate surface area is 186 Å². The topological polar surface area (TPSA) is 81.3 Å². The van der Waals surface area contributed by atoms with E-state index < -0.39 is 28.5 Å². The maximum atomic E-state index is 14.1. The van der Waals surface area contributed by atoms with Gasteiger partial charge in [-0.05, 0) is 30.3 Å². The molecule has 32 heavy (non-hydrogen) atoms. The molecule has 1 N–H and O–H groups in total. The lowest BCUT2D eigenvalue weighted by atomic mass is 9.91. The second-order valence-corrected chi connectivity index (χ2v) is 9.15. The molecule has 1 aromatic carbocycles. The summed E-state index contributed by atoms with van der Waals surface area (Å²) in [5, 5.41) is 2.63. The molecule has 3 rings (SSSR count). The molecule has 168 valence electrons. The summed E-state index contributed by atoms with van der Waals surface area (Å²) < 4.78 is 34.6. The number of carbonyl (C=O) groups excluding carboxylic acids is 2. The van der Waals surface area contributed by atoms with E-state index in [0.29, 0.717) is 5.76 Å². The molecular weight excluding hydrogens is 438 g/mol. The van der Waals surface area contributed by atoms with Crippen LogP contribution in [0.15, 0.2) is 45.8 Å². The van der Waals surface area contributed by atoms with E-state index >= 15 is 0 Å². The third kappa shape index (κ3) is 5.47. The van der Waals surface area contributed by atoms with Crippen molar-refractivity contribution >= 4 is 35.2 Å². The van der Waals surface area contributed by atoms with Gasteiger partial charge in [0, 0.05) is 17.1 Å². The van der Waals surface area contributed by atoms with Gasteiger partial charge in [-0.15, -0.1) is 11.3 Å². The number of ketones is 1. The largest absolute Gasteiger partial charge is 0.467 e. The number of hydrogen-bond acceptors (Lipinski definition) is 5. The van der Waals surface area contributed by atoms with E-state index in [-0.39, 0.29) is 33.6 Å². The number of benzene rings is 1. The van der Waals surface area contributed by atoms with Crippen LogP contribution < -0.4 is 20.1 Å². The molecule has 0 atom stereocenters. The number of rotatable bonds is 6. The zero-order valence-corrected chi connectivity index (χ0v) is 18.6. The van der Waals surface area contributed by atoms with Crippen LogP contribution in [0.2, 0.25) is 0 Å². The molecule has 1 amide bonds. The highest BCUT2D eigenvalue weighted by Gasteiger charge is 2.20. The number of aromatic nitrogens is 1. The van der Waals surface area contributed by atoms with Crippen LogP contribution in [0.5, 0.6) is 0 Å². The number of furan rings is 1. The van der Waals surface area contributed by atoms with E-state index in [2.05, 4.69) is 5.32 Å². The Hall–Kier alpha value is -3.33. The van der Waals surface area contributed by atoms with Gasteiger partial charge in [0.1, 0.15) is 28.6 Å². The van der Waals surface area contributed by atoms with Crippen LogP contribution in [0, 0.1) is 17.0 Å². The zero-order valence-electron chi connectivity index (χ0n) is 17.8. The minimum atomic E-state index is -0.822. The number of hydrogen-bond donors (Lipinski definition) is 1. The van der Waals surface area contributed by atoms with Gasteiger partial charge in [-0.3, -0.25) is 19.0 Å². The van der Waals surface area contributed by atoms with Gasteiger partial charge in [-0.2, -0.15) is 0 Å². The normalized spacial score (nSPS) is 12.9. The molecule has 9 heteroatoms. The van der Waals surface area contributed by atoms with Crippen LogP contribution in [-0.2, 0) is 22.7 Å². The predicted octanol–water partition coefficient (Wildman–Crippen LogP) is 2.32. The summed E-state index contributed by atoms with van der Waals surface area (Å²) in [6, 6.07) is 6.76. The van der Waals surface area contributed by atoms with Crippen molar-refractivity contribution in [1.29, 1.82) is 0 Å². The Kier molecular flexibility index (Phi) is 6.88. The van der Waals surface area contributed by atoms with E-state index in [1.54, 1.807) is 32.9 Å². The predicted molar refractivity (Wildman–Crippen MR) is 117 cm³/mol. The van der Waals surface area contributed by atoms with Crippen molar-refractivity contribution in [1.82, 2.24) is 9.88 Å². The molecule has 0 saturated carbocycles. The summed E-state index contributed by atoms with van der Waals surface area (Å²) in [4.78, 5) is 38.0. The number of nitrogens with one attached hydrogen (secondary N) is 1. The molecule has 0 aliphatic rings. The average Bonchev–Trinajstić information content (AvgIpc) is 3.33. The molecule has 6 nitrogen and oxygen atoms in total. The monoisotopic (exact) mass is 460 g/mol. The van der Waals surface area contributed by atoms with Gasteiger partial charge in [0.25, 0.3) is 5.56 Å². The van der Waals surface area contributed by atoms with Crippen LogP contribution in [0.4, 0.5) is 8.78 Å². The average molecular weight is 461 g/mol. The van der Waals surface area contributed by atoms with Crippen molar-refractivity contribution in [2.45, 2.75) is 33.9 Å². The van der Waals surface area contributed by atoms with E-state index in [4.69, 9.17) is 4.42 Å². The van der Waals surface area contributed by atoms with E-state index in [1.165, 1.54) is 18.4 Å². The third-order valence-corrected chi connectivity index (χ3v) is 5.61. The summed E-state index contributed by atoms with van der Waals surface area (Å²) in [5.41, 5.74) is -1.71. The van der Waals surface area contributed by atoms with Gasteiger partial charge >= 0.3 is 0 Å². The van der Waals surface area contributed by atoms with Crippen molar-refractivity contribution in [3.05, 3.63) is 79.1 Å². The maximum absolute atomic E-state index is 14.1. The molecule has 0 saturated heterocycles. The summed E-state index contributed by atoms with van der Waals surface area (Å²) in [6.45, 7) is 4.93. The zero-order chi connectivity index (χ0) is 23.5. The molecule has 0 bridgehead atoms. The van der Waals surface area contributed by atoms with Crippen molar-refractivity contribution in [3.8, 4) is 0 Å². The van der Waals surface area contributed by atoms with E-state index in [0.717, 1.165) is 34.1 Å². The minimum absolute atomic E-state index is 0.000735. The first-order chi connectivity index (χ1) is 15.1. The second kappa shape index (κ2) is 9.44. The van der Waals surface area contributed by atoms with Gasteiger partial charge in [0.15, 0.2) is 5.78 Å². The number of amides is 1. The van der Waals surface area contributed by atoms with E-state index in [1.807, 2.05) is 0 Å². The smallest absolute Gasteiger partial charge is 0.269 e. The summed E-state index contributed by atoms with van der Waals surface area (Å²) in [5.74, 6) is -1.85. The Morgan fingerprint density at radius 2 is 1.84 bits per heavy atom. The van der Waals surface area contributed by atoms with Gasteiger partial charge in [-0.1, -0.05) is 26.8 Å². The second-order valence-electron chi connectivity index (χ2n) is 8.09. The maximum Gasteiger partial charge on any atom is 0.269 e. The highest BCUT2D eigenvalue weighted by atomic mass is 32.1. The molecular formula is C23H22F2N2O4S. The summed E-state index contributed by atoms with van der Waals surface area (Å²) in [7, 11) is 0. The molecule has 0 unspecified atom stereocenters. The van der Waals surface area contributed by atoms with Crippen LogP contribution in [-0.4, -0.2) is 16.3 Å². The first kappa shape index (κ1) is 23.3. The molecule has 0 radical (unpaired) electrons. The Morgan fingerprint density at radius 1 is 1.16 bits per heavy atom. The fourth-order valence-corrected chi connectivity index (χ4v) is 3.72. The van der Waals surface area contributed by atoms with Crippen LogP contribution in [0.25, 0.3) is 12.2 Å². The summed E-state index contributed by atoms with van der Waals surface area (Å²) in [6.07, 6.45) is 3.84. The first-order valence-corrected chi connectivity index (χ1v) is 10.6. The molecule has 0 aliphatic heterocycles. The minimum Gasteiger partial charge on any atom is -0.467 e. The standard InChI is InChI=1S/C23H22F2N2O4S/c1-23(2,3)19(28)11-21-27(13-20(29)26-12-14-6-5-9-31-14)22(30)18(32-21)10-15-16(24)7-4-8-17(15)25/h4-11H,12-13H2,1-3H3,(H,26,29). The van der Waals surface area contributed by atoms with Gasteiger partial charge in [-0.25, -0.2) is 8.78 Å². The highest BCUT2D eigenvalue weighted by molar-refractivity contribution is 7.07. The Bertz CT molecular complexity index is 1300. The number of Topliss-reactive ketones (excluding diaryl/α,β-unsaturated/α-hetero) is 1. The van der Waals surface area contributed by atoms with E-state index in [9.17, 15) is 23.2 Å². The number of nitrogens with zero attached hydrogens (tertiary/aromatic N) is 1. The number of carbonyl (C=O) groups is 2. The first-order valence-electron chi connectivity index (χ1n) is 9.77. The molecule has 2 heterocycles. The molecule has 0 spiro atoms. The van der Waals surface area contributed by atoms with Gasteiger partial charge in [0.05, 0.1) is 17.3 Å². The Morgan fingerprint density at radius 3 is 2.44 bits per heavy atom. The highest BCUT2D eigenvalue weighted by Crippen LogP contribution is 2.15. The van der Waals surface area contributed by atoms with Crippen molar-refractivity contribution in [2.75, 3.05) is 0 Å². The molecule has 3 aromatic rings. The number of halogens is 2. The van der Waals surface area contributed by atoms with Crippen molar-refractivity contribution < 1.29 is 22.8 Å². The lowest BCUT2D eigenvalue weighted by Crippen LogP contribution is -2.38. The van der Waals surface area contributed by atoms with Crippen LogP contribution in [0.1, 0.15) is 32.1 Å². The van der Waals surface area contributed by atoms with Crippen molar-refractivity contribution in [3.63, 3.8) is 0 Å². The molecule has 2 aromatic heterocycles. The lowest BCUT2D eigenvalue weighted by molar-refractivity contribution is -0.122. The SMILES string of the molecule is CC(C)(C)C(=O)C=c1sc(=Cc2c(F)cccc2F)c(=O)n1CC(=O)NCc1ccco1.